The Morgan fingerprint density at radius 2 is 2.10 bits per heavy atom. The van der Waals surface area contributed by atoms with E-state index in [0.717, 1.165) is 9.35 Å². The molecule has 0 saturated carbocycles. The van der Waals surface area contributed by atoms with E-state index in [1.165, 1.54) is 4.88 Å². The van der Waals surface area contributed by atoms with Gasteiger partial charge in [0.25, 0.3) is 5.91 Å². The summed E-state index contributed by atoms with van der Waals surface area (Å²) in [5, 5.41) is 3.88. The molecule has 0 bridgehead atoms. The van der Waals surface area contributed by atoms with Gasteiger partial charge in [0, 0.05) is 14.2 Å². The monoisotopic (exact) mass is 352 g/mol. The van der Waals surface area contributed by atoms with Crippen LogP contribution in [0.25, 0.3) is 0 Å². The maximum atomic E-state index is 11.5. The highest BCUT2D eigenvalue weighted by atomic mass is 79.9. The van der Waals surface area contributed by atoms with Gasteiger partial charge in [0.2, 0.25) is 0 Å². The molecule has 1 N–H and O–H groups in total. The van der Waals surface area contributed by atoms with Crippen LogP contribution in [0.15, 0.2) is 46.0 Å². The van der Waals surface area contributed by atoms with Gasteiger partial charge < -0.3 is 4.74 Å². The fraction of sp³-hybridized carbons (Fsp3) is 0.143. The molecule has 0 fully saturated rings. The van der Waals surface area contributed by atoms with Gasteiger partial charge in [-0.3, -0.25) is 4.79 Å². The van der Waals surface area contributed by atoms with Gasteiger partial charge in [-0.25, -0.2) is 5.43 Å². The minimum Gasteiger partial charge on any atom is -0.484 e. The third-order valence-corrected chi connectivity index (χ3v) is 3.79. The van der Waals surface area contributed by atoms with Crippen LogP contribution in [0.5, 0.6) is 5.75 Å². The lowest BCUT2D eigenvalue weighted by Crippen LogP contribution is -2.24. The van der Waals surface area contributed by atoms with E-state index < -0.39 is 0 Å². The van der Waals surface area contributed by atoms with E-state index in [4.69, 9.17) is 4.74 Å². The Bertz CT molecular complexity index is 608. The van der Waals surface area contributed by atoms with E-state index in [1.807, 2.05) is 31.2 Å². The Balaban J connectivity index is 1.75. The molecule has 0 aliphatic heterocycles. The lowest BCUT2D eigenvalue weighted by atomic mass is 10.3. The number of hydrogen-bond acceptors (Lipinski definition) is 4. The molecule has 1 aromatic heterocycles. The molecule has 20 heavy (non-hydrogen) atoms. The molecule has 1 aromatic carbocycles. The minimum atomic E-state index is -0.294. The SMILES string of the molecule is Cc1ccc(/C=N/NC(=O)COc2ccc(Br)cc2)s1. The zero-order chi connectivity index (χ0) is 14.4. The highest BCUT2D eigenvalue weighted by Gasteiger charge is 2.01. The van der Waals surface area contributed by atoms with E-state index in [0.29, 0.717) is 5.75 Å². The van der Waals surface area contributed by atoms with E-state index in [2.05, 4.69) is 26.5 Å². The summed E-state index contributed by atoms with van der Waals surface area (Å²) in [6, 6.07) is 11.2. The van der Waals surface area contributed by atoms with Gasteiger partial charge in [-0.15, -0.1) is 11.3 Å². The molecule has 1 amide bonds. The maximum absolute atomic E-state index is 11.5. The zero-order valence-corrected chi connectivity index (χ0v) is 13.2. The van der Waals surface area contributed by atoms with Crippen molar-refractivity contribution in [3.63, 3.8) is 0 Å². The molecule has 0 saturated heterocycles. The van der Waals surface area contributed by atoms with E-state index in [-0.39, 0.29) is 12.5 Å². The number of ether oxygens (including phenoxy) is 1. The second-order valence-electron chi connectivity index (χ2n) is 3.98. The number of nitrogens with zero attached hydrogens (tertiary/aromatic N) is 1. The fourth-order valence-electron chi connectivity index (χ4n) is 1.40. The first kappa shape index (κ1) is 14.7. The van der Waals surface area contributed by atoms with Gasteiger partial charge >= 0.3 is 0 Å². The van der Waals surface area contributed by atoms with E-state index >= 15 is 0 Å². The molecule has 104 valence electrons. The molecular weight excluding hydrogens is 340 g/mol. The third kappa shape index (κ3) is 4.79. The van der Waals surface area contributed by atoms with Crippen molar-refractivity contribution < 1.29 is 9.53 Å². The van der Waals surface area contributed by atoms with Gasteiger partial charge in [-0.1, -0.05) is 15.9 Å². The Morgan fingerprint density at radius 1 is 1.35 bits per heavy atom. The molecule has 2 rings (SSSR count). The van der Waals surface area contributed by atoms with Gasteiger partial charge in [0.05, 0.1) is 6.21 Å². The lowest BCUT2D eigenvalue weighted by Gasteiger charge is -2.04. The largest absolute Gasteiger partial charge is 0.484 e. The summed E-state index contributed by atoms with van der Waals surface area (Å²) in [6.07, 6.45) is 1.62. The number of hydrazone groups is 1. The first-order valence-corrected chi connectivity index (χ1v) is 7.51. The van der Waals surface area contributed by atoms with Crippen LogP contribution in [-0.2, 0) is 4.79 Å². The number of halogens is 1. The summed E-state index contributed by atoms with van der Waals surface area (Å²) in [5.41, 5.74) is 2.42. The van der Waals surface area contributed by atoms with Crippen molar-refractivity contribution in [3.8, 4) is 5.75 Å². The molecule has 2 aromatic rings. The van der Waals surface area contributed by atoms with Gasteiger partial charge in [0.1, 0.15) is 5.75 Å². The van der Waals surface area contributed by atoms with Crippen molar-refractivity contribution >= 4 is 39.4 Å². The fourth-order valence-corrected chi connectivity index (χ4v) is 2.42. The van der Waals surface area contributed by atoms with E-state index in [9.17, 15) is 4.79 Å². The Kier molecular flexibility index (Phi) is 5.31. The molecule has 0 radical (unpaired) electrons. The number of thiophene rings is 1. The molecule has 0 atom stereocenters. The van der Waals surface area contributed by atoms with Gasteiger partial charge in [-0.2, -0.15) is 5.10 Å². The second kappa shape index (κ2) is 7.21. The quantitative estimate of drug-likeness (QED) is 0.662. The normalized spacial score (nSPS) is 10.7. The Labute approximate surface area is 129 Å². The minimum absolute atomic E-state index is 0.0670. The van der Waals surface area contributed by atoms with Gasteiger partial charge in [0.15, 0.2) is 6.61 Å². The maximum Gasteiger partial charge on any atom is 0.277 e. The second-order valence-corrected chi connectivity index (χ2v) is 6.22. The van der Waals surface area contributed by atoms with Crippen LogP contribution < -0.4 is 10.2 Å². The number of amides is 1. The summed E-state index contributed by atoms with van der Waals surface area (Å²) in [4.78, 5) is 13.7. The number of carbonyl (C=O) groups excluding carboxylic acids is 1. The van der Waals surface area contributed by atoms with Crippen LogP contribution in [0, 0.1) is 6.92 Å². The molecule has 4 nitrogen and oxygen atoms in total. The van der Waals surface area contributed by atoms with Crippen LogP contribution in [0.3, 0.4) is 0 Å². The van der Waals surface area contributed by atoms with Crippen molar-refractivity contribution in [2.24, 2.45) is 5.10 Å². The smallest absolute Gasteiger partial charge is 0.277 e. The summed E-state index contributed by atoms with van der Waals surface area (Å²) in [5.74, 6) is 0.346. The number of hydrogen-bond donors (Lipinski definition) is 1. The highest BCUT2D eigenvalue weighted by Crippen LogP contribution is 2.15. The molecule has 0 aliphatic carbocycles. The topological polar surface area (TPSA) is 50.7 Å². The number of aryl methyl sites for hydroxylation is 1. The highest BCUT2D eigenvalue weighted by molar-refractivity contribution is 9.10. The number of carbonyl (C=O) groups is 1. The van der Waals surface area contributed by atoms with Crippen LogP contribution in [0.4, 0.5) is 0 Å². The summed E-state index contributed by atoms with van der Waals surface area (Å²) in [6.45, 7) is 1.95. The average molecular weight is 353 g/mol. The Morgan fingerprint density at radius 3 is 2.75 bits per heavy atom. The van der Waals surface area contributed by atoms with Crippen molar-refractivity contribution in [2.75, 3.05) is 6.61 Å². The summed E-state index contributed by atoms with van der Waals surface area (Å²) in [7, 11) is 0. The Hall–Kier alpha value is -1.66. The van der Waals surface area contributed by atoms with Crippen LogP contribution >= 0.6 is 27.3 Å². The molecule has 0 aliphatic rings. The van der Waals surface area contributed by atoms with Crippen molar-refractivity contribution in [1.82, 2.24) is 5.43 Å². The zero-order valence-electron chi connectivity index (χ0n) is 10.8. The number of rotatable bonds is 5. The van der Waals surface area contributed by atoms with Crippen LogP contribution in [-0.4, -0.2) is 18.7 Å². The van der Waals surface area contributed by atoms with Crippen LogP contribution in [0.1, 0.15) is 9.75 Å². The van der Waals surface area contributed by atoms with Crippen molar-refractivity contribution in [3.05, 3.63) is 50.6 Å². The average Bonchev–Trinajstić information content (AvgIpc) is 2.84. The molecule has 0 spiro atoms. The number of nitrogens with one attached hydrogen (secondary N) is 1. The van der Waals surface area contributed by atoms with Crippen molar-refractivity contribution in [1.29, 1.82) is 0 Å². The molecule has 0 unspecified atom stereocenters. The molecule has 6 heteroatoms. The first-order valence-electron chi connectivity index (χ1n) is 5.90. The molecule has 1 heterocycles. The lowest BCUT2D eigenvalue weighted by molar-refractivity contribution is -0.123. The van der Waals surface area contributed by atoms with Gasteiger partial charge in [-0.05, 0) is 43.3 Å². The predicted molar refractivity (Wildman–Crippen MR) is 84.4 cm³/mol. The summed E-state index contributed by atoms with van der Waals surface area (Å²) < 4.78 is 6.29. The number of benzene rings is 1. The molecular formula is C14H13BrN2O2S. The summed E-state index contributed by atoms with van der Waals surface area (Å²) >= 11 is 4.95. The standard InChI is InChI=1S/C14H13BrN2O2S/c1-10-2-7-13(20-10)8-16-17-14(18)9-19-12-5-3-11(15)4-6-12/h2-8H,9H2,1H3,(H,17,18)/b16-8+. The third-order valence-electron chi connectivity index (χ3n) is 2.33. The van der Waals surface area contributed by atoms with Crippen molar-refractivity contribution in [2.45, 2.75) is 6.92 Å². The first-order chi connectivity index (χ1) is 9.63. The van der Waals surface area contributed by atoms with E-state index in [1.54, 1.807) is 29.7 Å². The predicted octanol–water partition coefficient (Wildman–Crippen LogP) is 3.35. The van der Waals surface area contributed by atoms with Crippen LogP contribution in [0.2, 0.25) is 0 Å².